The maximum absolute atomic E-state index is 12.9. The minimum absolute atomic E-state index is 0.00241. The summed E-state index contributed by atoms with van der Waals surface area (Å²) >= 11 is 0. The lowest BCUT2D eigenvalue weighted by Crippen LogP contribution is -2.56. The van der Waals surface area contributed by atoms with Gasteiger partial charge in [-0.05, 0) is 37.0 Å². The second-order valence-corrected chi connectivity index (χ2v) is 5.56. The molecule has 0 bridgehead atoms. The van der Waals surface area contributed by atoms with Crippen LogP contribution in [0, 0.1) is 0 Å². The summed E-state index contributed by atoms with van der Waals surface area (Å²) in [6, 6.07) is 8.04. The molecule has 1 saturated heterocycles. The molecule has 0 spiro atoms. The quantitative estimate of drug-likeness (QED) is 0.926. The van der Waals surface area contributed by atoms with Crippen LogP contribution in [-0.2, 0) is 16.0 Å². The zero-order valence-corrected chi connectivity index (χ0v) is 13.1. The van der Waals surface area contributed by atoms with Crippen molar-refractivity contribution in [3.8, 4) is 0 Å². The minimum atomic E-state index is -0.767. The van der Waals surface area contributed by atoms with E-state index in [0.717, 1.165) is 12.1 Å². The Morgan fingerprint density at radius 3 is 2.24 bits per heavy atom. The minimum Gasteiger partial charge on any atom is -0.342 e. The van der Waals surface area contributed by atoms with Crippen LogP contribution >= 0.6 is 0 Å². The van der Waals surface area contributed by atoms with E-state index in [4.69, 9.17) is 0 Å². The van der Waals surface area contributed by atoms with E-state index in [0.29, 0.717) is 25.8 Å². The van der Waals surface area contributed by atoms with Crippen molar-refractivity contribution in [1.29, 1.82) is 0 Å². The molecule has 2 rings (SSSR count). The summed E-state index contributed by atoms with van der Waals surface area (Å²) in [7, 11) is 0. The molecule has 1 N–H and O–H groups in total. The maximum Gasteiger partial charge on any atom is 0.252 e. The molecule has 114 valence electrons. The van der Waals surface area contributed by atoms with E-state index in [1.165, 1.54) is 5.56 Å². The first-order valence-electron chi connectivity index (χ1n) is 7.78. The highest BCUT2D eigenvalue weighted by molar-refractivity contribution is 6.04. The van der Waals surface area contributed by atoms with Crippen molar-refractivity contribution >= 4 is 17.5 Å². The number of nitrogens with zero attached hydrogens (tertiary/aromatic N) is 1. The number of rotatable bonds is 4. The molecule has 1 aliphatic heterocycles. The first kappa shape index (κ1) is 15.5. The van der Waals surface area contributed by atoms with Gasteiger partial charge in [0.15, 0.2) is 0 Å². The van der Waals surface area contributed by atoms with Gasteiger partial charge in [-0.2, -0.15) is 0 Å². The van der Waals surface area contributed by atoms with Gasteiger partial charge in [-0.1, -0.05) is 32.9 Å². The standard InChI is InChI=1S/C17H24N2O2/c1-4-13-7-9-14(10-8-13)19-12-11-15(20)18-17(5-2,6-3)16(19)21/h7-10H,4-6,11-12H2,1-3H3,(H,18,20). The second-order valence-electron chi connectivity index (χ2n) is 5.56. The van der Waals surface area contributed by atoms with Gasteiger partial charge in [0.1, 0.15) is 5.54 Å². The van der Waals surface area contributed by atoms with E-state index >= 15 is 0 Å². The van der Waals surface area contributed by atoms with E-state index in [1.807, 2.05) is 38.1 Å². The van der Waals surface area contributed by atoms with Gasteiger partial charge in [0.2, 0.25) is 5.91 Å². The predicted octanol–water partition coefficient (Wildman–Crippen LogP) is 2.66. The monoisotopic (exact) mass is 288 g/mol. The molecule has 4 nitrogen and oxygen atoms in total. The molecule has 0 atom stereocenters. The topological polar surface area (TPSA) is 49.4 Å². The molecule has 0 aliphatic carbocycles. The SMILES string of the molecule is CCc1ccc(N2CCC(=O)NC(CC)(CC)C2=O)cc1. The van der Waals surface area contributed by atoms with Crippen molar-refractivity contribution in [3.05, 3.63) is 29.8 Å². The lowest BCUT2D eigenvalue weighted by atomic mass is 9.91. The van der Waals surface area contributed by atoms with Gasteiger partial charge in [0.25, 0.3) is 5.91 Å². The van der Waals surface area contributed by atoms with Crippen LogP contribution in [0.15, 0.2) is 24.3 Å². The first-order chi connectivity index (χ1) is 10.1. The molecule has 1 aromatic carbocycles. The number of anilines is 1. The van der Waals surface area contributed by atoms with Gasteiger partial charge < -0.3 is 10.2 Å². The van der Waals surface area contributed by atoms with Crippen LogP contribution in [-0.4, -0.2) is 23.9 Å². The number of hydrogen-bond donors (Lipinski definition) is 1. The summed E-state index contributed by atoms with van der Waals surface area (Å²) in [5.74, 6) is -0.0395. The summed E-state index contributed by atoms with van der Waals surface area (Å²) in [4.78, 5) is 26.6. The van der Waals surface area contributed by atoms with Gasteiger partial charge in [-0.25, -0.2) is 0 Å². The Kier molecular flexibility index (Phi) is 4.66. The zero-order valence-electron chi connectivity index (χ0n) is 13.1. The third kappa shape index (κ3) is 2.94. The molecule has 0 aromatic heterocycles. The molecule has 1 heterocycles. The van der Waals surface area contributed by atoms with Crippen LogP contribution in [0.2, 0.25) is 0 Å². The normalized spacial score (nSPS) is 18.3. The Balaban J connectivity index is 2.36. The first-order valence-corrected chi connectivity index (χ1v) is 7.78. The van der Waals surface area contributed by atoms with Crippen LogP contribution in [0.1, 0.15) is 45.6 Å². The summed E-state index contributed by atoms with van der Waals surface area (Å²) in [5.41, 5.74) is 1.35. The predicted molar refractivity (Wildman–Crippen MR) is 84.2 cm³/mol. The van der Waals surface area contributed by atoms with Crippen molar-refractivity contribution in [2.45, 2.75) is 52.0 Å². The van der Waals surface area contributed by atoms with Crippen molar-refractivity contribution in [2.75, 3.05) is 11.4 Å². The van der Waals surface area contributed by atoms with Crippen molar-refractivity contribution in [3.63, 3.8) is 0 Å². The Morgan fingerprint density at radius 1 is 1.10 bits per heavy atom. The van der Waals surface area contributed by atoms with E-state index in [1.54, 1.807) is 4.90 Å². The zero-order chi connectivity index (χ0) is 15.5. The van der Waals surface area contributed by atoms with Gasteiger partial charge in [0, 0.05) is 18.7 Å². The average molecular weight is 288 g/mol. The molecular weight excluding hydrogens is 264 g/mol. The fourth-order valence-corrected chi connectivity index (χ4v) is 2.84. The van der Waals surface area contributed by atoms with Gasteiger partial charge in [-0.3, -0.25) is 9.59 Å². The summed E-state index contributed by atoms with van der Waals surface area (Å²) in [6.07, 6.45) is 2.54. The van der Waals surface area contributed by atoms with Crippen LogP contribution in [0.25, 0.3) is 0 Å². The van der Waals surface area contributed by atoms with Gasteiger partial charge in [-0.15, -0.1) is 0 Å². The summed E-state index contributed by atoms with van der Waals surface area (Å²) in [5, 5.41) is 2.93. The molecule has 1 fully saturated rings. The smallest absolute Gasteiger partial charge is 0.252 e. The van der Waals surface area contributed by atoms with E-state index in [9.17, 15) is 9.59 Å². The fourth-order valence-electron chi connectivity index (χ4n) is 2.84. The van der Waals surface area contributed by atoms with E-state index in [2.05, 4.69) is 12.2 Å². The number of nitrogens with one attached hydrogen (secondary N) is 1. The van der Waals surface area contributed by atoms with E-state index in [-0.39, 0.29) is 11.8 Å². The third-order valence-corrected chi connectivity index (χ3v) is 4.46. The number of carbonyl (C=O) groups is 2. The number of hydrogen-bond acceptors (Lipinski definition) is 2. The van der Waals surface area contributed by atoms with Crippen LogP contribution in [0.3, 0.4) is 0 Å². The molecule has 0 radical (unpaired) electrons. The highest BCUT2D eigenvalue weighted by Gasteiger charge is 2.42. The summed E-state index contributed by atoms with van der Waals surface area (Å²) in [6.45, 7) is 6.45. The molecule has 0 saturated carbocycles. The van der Waals surface area contributed by atoms with Crippen LogP contribution in [0.5, 0.6) is 0 Å². The Labute approximate surface area is 126 Å². The largest absolute Gasteiger partial charge is 0.342 e. The number of benzene rings is 1. The van der Waals surface area contributed by atoms with Crippen LogP contribution < -0.4 is 10.2 Å². The molecule has 0 unspecified atom stereocenters. The molecule has 2 amide bonds. The molecule has 1 aromatic rings. The Morgan fingerprint density at radius 2 is 1.71 bits per heavy atom. The molecule has 4 heteroatoms. The molecule has 21 heavy (non-hydrogen) atoms. The highest BCUT2D eigenvalue weighted by atomic mass is 16.2. The molecule has 1 aliphatic rings. The van der Waals surface area contributed by atoms with Gasteiger partial charge >= 0.3 is 0 Å². The number of carbonyl (C=O) groups excluding carboxylic acids is 2. The Bertz CT molecular complexity index is 518. The lowest BCUT2D eigenvalue weighted by molar-refractivity contribution is -0.130. The van der Waals surface area contributed by atoms with Crippen molar-refractivity contribution < 1.29 is 9.59 Å². The van der Waals surface area contributed by atoms with Crippen molar-refractivity contribution in [1.82, 2.24) is 5.32 Å². The lowest BCUT2D eigenvalue weighted by Gasteiger charge is -2.33. The second kappa shape index (κ2) is 6.29. The number of aryl methyl sites for hydroxylation is 1. The number of amides is 2. The van der Waals surface area contributed by atoms with Crippen LogP contribution in [0.4, 0.5) is 5.69 Å². The summed E-state index contributed by atoms with van der Waals surface area (Å²) < 4.78 is 0. The fraction of sp³-hybridized carbons (Fsp3) is 0.529. The Hall–Kier alpha value is -1.84. The highest BCUT2D eigenvalue weighted by Crippen LogP contribution is 2.26. The van der Waals surface area contributed by atoms with E-state index < -0.39 is 5.54 Å². The molecular formula is C17H24N2O2. The third-order valence-electron chi connectivity index (χ3n) is 4.46. The van der Waals surface area contributed by atoms with Crippen molar-refractivity contribution in [2.24, 2.45) is 0 Å². The van der Waals surface area contributed by atoms with Gasteiger partial charge in [0.05, 0.1) is 0 Å². The maximum atomic E-state index is 12.9. The average Bonchev–Trinajstić information content (AvgIpc) is 2.65.